The molecule has 284 valence electrons. The van der Waals surface area contributed by atoms with Crippen molar-refractivity contribution >= 4 is 40.8 Å². The number of para-hydroxylation sites is 1. The summed E-state index contributed by atoms with van der Waals surface area (Å²) in [5.41, 5.74) is 6.09. The summed E-state index contributed by atoms with van der Waals surface area (Å²) in [5, 5.41) is 13.0. The van der Waals surface area contributed by atoms with Gasteiger partial charge in [-0.05, 0) is 73.7 Å². The zero-order chi connectivity index (χ0) is 39.6. The molecule has 57 heavy (non-hydrogen) atoms. The van der Waals surface area contributed by atoms with Gasteiger partial charge < -0.3 is 9.84 Å². The number of nitrogens with zero attached hydrogens (tertiary/aromatic N) is 2. The van der Waals surface area contributed by atoms with Crippen molar-refractivity contribution in [2.24, 2.45) is 23.7 Å². The van der Waals surface area contributed by atoms with Crippen LogP contribution in [0.5, 0.6) is 11.5 Å². The number of hydrazine groups is 1. The van der Waals surface area contributed by atoms with Gasteiger partial charge in [0.2, 0.25) is 11.8 Å². The number of aromatic hydroxyl groups is 1. The van der Waals surface area contributed by atoms with E-state index in [4.69, 9.17) is 4.74 Å². The molecule has 0 unspecified atom stereocenters. The van der Waals surface area contributed by atoms with Crippen LogP contribution in [0.1, 0.15) is 51.4 Å². The molecule has 2 saturated heterocycles. The predicted octanol–water partition coefficient (Wildman–Crippen LogP) is 7.13. The number of rotatable bonds is 8. The fraction of sp³-hybridized carbons (Fsp3) is 0.213. The molecule has 3 fully saturated rings. The van der Waals surface area contributed by atoms with Crippen molar-refractivity contribution in [2.75, 3.05) is 17.4 Å². The van der Waals surface area contributed by atoms with E-state index in [1.54, 1.807) is 78.9 Å². The van der Waals surface area contributed by atoms with E-state index < -0.39 is 52.7 Å². The van der Waals surface area contributed by atoms with Crippen LogP contribution >= 0.6 is 0 Å². The van der Waals surface area contributed by atoms with Gasteiger partial charge in [-0.25, -0.2) is 0 Å². The lowest BCUT2D eigenvalue weighted by atomic mass is 9.49. The number of phenols is 1. The summed E-state index contributed by atoms with van der Waals surface area (Å²) < 4.78 is 5.56. The van der Waals surface area contributed by atoms with Crippen molar-refractivity contribution in [1.82, 2.24) is 5.01 Å². The van der Waals surface area contributed by atoms with Crippen molar-refractivity contribution in [3.05, 3.63) is 167 Å². The molecular weight excluding hydrogens is 719 g/mol. The lowest BCUT2D eigenvalue weighted by Gasteiger charge is -2.50. The Labute approximate surface area is 329 Å². The first-order valence-corrected chi connectivity index (χ1v) is 19.1. The van der Waals surface area contributed by atoms with Crippen LogP contribution in [0.4, 0.5) is 11.4 Å². The zero-order valence-corrected chi connectivity index (χ0v) is 31.3. The number of nitrogens with one attached hydrogen (secondary N) is 1. The lowest BCUT2D eigenvalue weighted by molar-refractivity contribution is -0.138. The summed E-state index contributed by atoms with van der Waals surface area (Å²) in [6.45, 7) is 1.95. The zero-order valence-electron chi connectivity index (χ0n) is 31.3. The quantitative estimate of drug-likeness (QED) is 0.0971. The van der Waals surface area contributed by atoms with Crippen molar-refractivity contribution in [2.45, 2.75) is 31.1 Å². The van der Waals surface area contributed by atoms with Gasteiger partial charge in [-0.1, -0.05) is 102 Å². The highest BCUT2D eigenvalue weighted by Crippen LogP contribution is 2.65. The number of hydrogen-bond acceptors (Lipinski definition) is 8. The average Bonchev–Trinajstić information content (AvgIpc) is 3.62. The number of allylic oxidation sites excluding steroid dienone is 2. The van der Waals surface area contributed by atoms with Gasteiger partial charge in [0, 0.05) is 22.6 Å². The number of aryl methyl sites for hydroxylation is 1. The first-order chi connectivity index (χ1) is 27.6. The van der Waals surface area contributed by atoms with E-state index in [0.717, 1.165) is 10.6 Å². The average molecular weight is 758 g/mol. The maximum absolute atomic E-state index is 15.4. The maximum Gasteiger partial charge on any atom is 0.260 e. The second kappa shape index (κ2) is 13.7. The molecular formula is C47H39N3O7. The van der Waals surface area contributed by atoms with Gasteiger partial charge in [-0.15, -0.1) is 0 Å². The summed E-state index contributed by atoms with van der Waals surface area (Å²) >= 11 is 0. The molecule has 9 rings (SSSR count). The van der Waals surface area contributed by atoms with Crippen molar-refractivity contribution < 1.29 is 33.8 Å². The molecule has 5 aromatic carbocycles. The normalized spacial score (nSPS) is 25.1. The maximum atomic E-state index is 15.4. The van der Waals surface area contributed by atoms with E-state index in [9.17, 15) is 24.3 Å². The molecule has 6 atom stereocenters. The van der Waals surface area contributed by atoms with Gasteiger partial charge in [0.15, 0.2) is 17.3 Å². The standard InChI is InChI=1S/C47H39N3O7/c1-27-16-20-31(21-17-27)48-50-44(54)37-26-36-33(40(35-14-9-15-38(57-2)42(35)52)47(37,46(50)56)30-12-7-4-8-13-30)24-25-34-39(36)45(55)49(43(34)53)32-22-18-29(19-23-32)41(51)28-10-5-3-6-11-28/h3-24,34,36-37,39-40,48,52H,25-26H2,1-2H3/t34-,36+,37-,39-,40+,47+/m0/s1. The molecule has 1 saturated carbocycles. The number of anilines is 2. The minimum Gasteiger partial charge on any atom is -0.504 e. The van der Waals surface area contributed by atoms with Gasteiger partial charge in [-0.3, -0.25) is 34.3 Å². The molecule has 5 aromatic rings. The highest BCUT2D eigenvalue weighted by Gasteiger charge is 2.70. The second-order valence-corrected chi connectivity index (χ2v) is 15.2. The van der Waals surface area contributed by atoms with Crippen LogP contribution in [0.2, 0.25) is 0 Å². The minimum absolute atomic E-state index is 0.108. The van der Waals surface area contributed by atoms with Crippen molar-refractivity contribution in [3.63, 3.8) is 0 Å². The lowest BCUT2D eigenvalue weighted by Crippen LogP contribution is -2.53. The monoisotopic (exact) mass is 757 g/mol. The Morgan fingerprint density at radius 3 is 2.11 bits per heavy atom. The first kappa shape index (κ1) is 35.9. The largest absolute Gasteiger partial charge is 0.504 e. The molecule has 2 aliphatic carbocycles. The fourth-order valence-electron chi connectivity index (χ4n) is 9.80. The second-order valence-electron chi connectivity index (χ2n) is 15.2. The van der Waals surface area contributed by atoms with Crippen molar-refractivity contribution in [3.8, 4) is 11.5 Å². The third kappa shape index (κ3) is 5.42. The molecule has 4 aliphatic rings. The molecule has 2 heterocycles. The molecule has 10 nitrogen and oxygen atoms in total. The third-order valence-corrected chi connectivity index (χ3v) is 12.4. The number of benzene rings is 5. The highest BCUT2D eigenvalue weighted by atomic mass is 16.5. The highest BCUT2D eigenvalue weighted by molar-refractivity contribution is 6.23. The van der Waals surface area contributed by atoms with Gasteiger partial charge in [0.1, 0.15) is 0 Å². The van der Waals surface area contributed by atoms with E-state index in [1.165, 1.54) is 12.0 Å². The minimum atomic E-state index is -1.54. The van der Waals surface area contributed by atoms with Gasteiger partial charge >= 0.3 is 0 Å². The number of imide groups is 2. The molecule has 0 aromatic heterocycles. The molecule has 0 bridgehead atoms. The number of ketones is 1. The summed E-state index contributed by atoms with van der Waals surface area (Å²) in [4.78, 5) is 73.7. The topological polar surface area (TPSA) is 133 Å². The molecule has 10 heteroatoms. The summed E-state index contributed by atoms with van der Waals surface area (Å²) in [6.07, 6.45) is 2.27. The Kier molecular flexibility index (Phi) is 8.64. The van der Waals surface area contributed by atoms with E-state index >= 15 is 4.79 Å². The first-order valence-electron chi connectivity index (χ1n) is 19.1. The van der Waals surface area contributed by atoms with E-state index in [2.05, 4.69) is 5.43 Å². The molecule has 2 N–H and O–H groups in total. The van der Waals surface area contributed by atoms with Crippen molar-refractivity contribution in [1.29, 1.82) is 0 Å². The van der Waals surface area contributed by atoms with Crippen LogP contribution < -0.4 is 15.1 Å². The van der Waals surface area contributed by atoms with Crippen LogP contribution in [0, 0.1) is 30.6 Å². The van der Waals surface area contributed by atoms with E-state index in [0.29, 0.717) is 39.2 Å². The van der Waals surface area contributed by atoms with Crippen LogP contribution in [0.25, 0.3) is 0 Å². The molecule has 0 spiro atoms. The van der Waals surface area contributed by atoms with Crippen LogP contribution in [0.3, 0.4) is 0 Å². The molecule has 4 amide bonds. The Morgan fingerprint density at radius 2 is 1.42 bits per heavy atom. The van der Waals surface area contributed by atoms with E-state index in [1.807, 2.05) is 61.5 Å². The number of methoxy groups -OCH3 is 1. The number of fused-ring (bicyclic) bond motifs is 4. The van der Waals surface area contributed by atoms with Gasteiger partial charge in [0.25, 0.3) is 11.8 Å². The number of carbonyl (C=O) groups excluding carboxylic acids is 5. The third-order valence-electron chi connectivity index (χ3n) is 12.4. The Balaban J connectivity index is 1.16. The fourth-order valence-corrected chi connectivity index (χ4v) is 9.80. The van der Waals surface area contributed by atoms with E-state index in [-0.39, 0.29) is 36.0 Å². The molecule has 2 aliphatic heterocycles. The Bertz CT molecular complexity index is 2480. The number of hydrogen-bond donors (Lipinski definition) is 2. The predicted molar refractivity (Wildman–Crippen MR) is 212 cm³/mol. The molecule has 0 radical (unpaired) electrons. The SMILES string of the molecule is COc1cccc([C@H]2C3=CC[C@@H]4C(=O)N(c5ccc(C(=O)c6ccccc6)cc5)C(=O)[C@@H]4[C@@H]3C[C@H]3C(=O)N(Nc4ccc(C)cc4)C(=O)[C@@]23c2ccccc2)c1O. The summed E-state index contributed by atoms with van der Waals surface area (Å²) in [6, 6.07) is 36.9. The Hall–Kier alpha value is -6.81. The van der Waals surface area contributed by atoms with Crippen LogP contribution in [0.15, 0.2) is 139 Å². The van der Waals surface area contributed by atoms with Crippen LogP contribution in [-0.4, -0.2) is 46.6 Å². The number of ether oxygens (including phenoxy) is 1. The van der Waals surface area contributed by atoms with Crippen LogP contribution in [-0.2, 0) is 24.6 Å². The number of phenolic OH excluding ortho intramolecular Hbond substituents is 1. The number of amides is 4. The summed E-state index contributed by atoms with van der Waals surface area (Å²) in [5.74, 6) is -5.96. The Morgan fingerprint density at radius 1 is 0.754 bits per heavy atom. The van der Waals surface area contributed by atoms with Gasteiger partial charge in [-0.2, -0.15) is 5.01 Å². The number of carbonyl (C=O) groups is 5. The smallest absolute Gasteiger partial charge is 0.260 e. The summed E-state index contributed by atoms with van der Waals surface area (Å²) in [7, 11) is 1.45. The van der Waals surface area contributed by atoms with Gasteiger partial charge in [0.05, 0.1) is 41.7 Å².